The Bertz CT molecular complexity index is 458. The quantitative estimate of drug-likeness (QED) is 0.658. The average molecular weight is 271 g/mol. The van der Waals surface area contributed by atoms with Crippen LogP contribution in [0.25, 0.3) is 0 Å². The highest BCUT2D eigenvalue weighted by molar-refractivity contribution is 7.56. The number of ether oxygens (including phenoxy) is 1. The van der Waals surface area contributed by atoms with Gasteiger partial charge in [0.25, 0.3) is 0 Å². The van der Waals surface area contributed by atoms with E-state index in [1.54, 1.807) is 38.1 Å². The molecule has 6 heteroatoms. The van der Waals surface area contributed by atoms with Crippen molar-refractivity contribution >= 4 is 13.5 Å². The van der Waals surface area contributed by atoms with Gasteiger partial charge in [0.1, 0.15) is 11.3 Å². The van der Waals surface area contributed by atoms with Crippen molar-refractivity contribution in [1.82, 2.24) is 5.09 Å². The van der Waals surface area contributed by atoms with Crippen LogP contribution in [0.4, 0.5) is 0 Å². The van der Waals surface area contributed by atoms with Gasteiger partial charge in [-0.2, -0.15) is 0 Å². The molecule has 0 aliphatic heterocycles. The lowest BCUT2D eigenvalue weighted by atomic mass is 10.1. The number of rotatable bonds is 5. The predicted octanol–water partition coefficient (Wildman–Crippen LogP) is 2.43. The summed E-state index contributed by atoms with van der Waals surface area (Å²) in [5, 5.41) is 2.69. The smallest absolute Gasteiger partial charge is 0.325 e. The summed E-state index contributed by atoms with van der Waals surface area (Å²) >= 11 is 0. The van der Waals surface area contributed by atoms with Gasteiger partial charge in [-0.05, 0) is 26.0 Å². The number of methoxy groups -OCH3 is 1. The third kappa shape index (κ3) is 4.17. The number of benzene rings is 1. The van der Waals surface area contributed by atoms with Gasteiger partial charge in [0.2, 0.25) is 0 Å². The van der Waals surface area contributed by atoms with E-state index in [0.717, 1.165) is 0 Å². The third-order valence-corrected chi connectivity index (χ3v) is 3.73. The van der Waals surface area contributed by atoms with Crippen molar-refractivity contribution in [2.45, 2.75) is 19.4 Å². The minimum Gasteiger partial charge on any atom is -0.468 e. The fraction of sp³-hybridized carbons (Fsp3) is 0.417. The number of para-hydroxylation sites is 1. The van der Waals surface area contributed by atoms with E-state index >= 15 is 0 Å². The van der Waals surface area contributed by atoms with E-state index < -0.39 is 19.0 Å². The van der Waals surface area contributed by atoms with Gasteiger partial charge in [-0.25, -0.2) is 5.09 Å². The highest BCUT2D eigenvalue weighted by atomic mass is 31.2. The first-order valence-electron chi connectivity index (χ1n) is 5.47. The largest absolute Gasteiger partial charge is 0.468 e. The molecule has 1 aromatic carbocycles. The molecule has 18 heavy (non-hydrogen) atoms. The molecule has 1 N–H and O–H groups in total. The van der Waals surface area contributed by atoms with E-state index in [2.05, 4.69) is 9.82 Å². The van der Waals surface area contributed by atoms with E-state index in [1.807, 2.05) is 6.07 Å². The van der Waals surface area contributed by atoms with Crippen LogP contribution in [0.2, 0.25) is 0 Å². The highest BCUT2D eigenvalue weighted by Gasteiger charge is 2.35. The average Bonchev–Trinajstić information content (AvgIpc) is 2.27. The molecule has 0 heterocycles. The van der Waals surface area contributed by atoms with Crippen molar-refractivity contribution in [3.8, 4) is 5.75 Å². The molecular formula is C12H18NO4P. The van der Waals surface area contributed by atoms with Crippen LogP contribution in [0.15, 0.2) is 30.3 Å². The molecule has 0 saturated carbocycles. The van der Waals surface area contributed by atoms with Crippen LogP contribution in [0, 0.1) is 0 Å². The molecule has 1 atom stereocenters. The minimum absolute atomic E-state index is 0.483. The lowest BCUT2D eigenvalue weighted by Gasteiger charge is -2.27. The lowest BCUT2D eigenvalue weighted by molar-refractivity contribution is -0.146. The number of nitrogens with one attached hydrogen (secondary N) is 1. The lowest BCUT2D eigenvalue weighted by Crippen LogP contribution is -2.46. The summed E-state index contributed by atoms with van der Waals surface area (Å²) in [6.45, 7) is 4.59. The van der Waals surface area contributed by atoms with Crippen molar-refractivity contribution in [1.29, 1.82) is 0 Å². The molecule has 0 bridgehead atoms. The highest BCUT2D eigenvalue weighted by Crippen LogP contribution is 2.41. The van der Waals surface area contributed by atoms with E-state index in [-0.39, 0.29) is 0 Å². The van der Waals surface area contributed by atoms with E-state index in [0.29, 0.717) is 5.75 Å². The van der Waals surface area contributed by atoms with Crippen molar-refractivity contribution in [3.05, 3.63) is 30.3 Å². The Morgan fingerprint density at radius 2 is 1.83 bits per heavy atom. The first-order valence-corrected chi connectivity index (χ1v) is 7.54. The van der Waals surface area contributed by atoms with Gasteiger partial charge in [-0.3, -0.25) is 9.36 Å². The number of carbonyl (C=O) groups excluding carboxylic acids is 1. The van der Waals surface area contributed by atoms with Crippen LogP contribution in [0.3, 0.4) is 0 Å². The Kier molecular flexibility index (Phi) is 4.54. The van der Waals surface area contributed by atoms with Crippen LogP contribution >= 0.6 is 7.52 Å². The van der Waals surface area contributed by atoms with Crippen LogP contribution in [0.5, 0.6) is 5.75 Å². The van der Waals surface area contributed by atoms with E-state index in [4.69, 9.17) is 4.52 Å². The maximum atomic E-state index is 12.3. The Morgan fingerprint density at radius 3 is 2.33 bits per heavy atom. The molecule has 0 aliphatic carbocycles. The molecule has 0 spiro atoms. The van der Waals surface area contributed by atoms with Crippen LogP contribution < -0.4 is 9.61 Å². The van der Waals surface area contributed by atoms with E-state index in [1.165, 1.54) is 13.8 Å². The van der Waals surface area contributed by atoms with Crippen molar-refractivity contribution in [2.75, 3.05) is 13.8 Å². The summed E-state index contributed by atoms with van der Waals surface area (Å²) in [6, 6.07) is 8.78. The Balaban J connectivity index is 2.77. The zero-order valence-corrected chi connectivity index (χ0v) is 11.9. The minimum atomic E-state index is -3.15. The molecule has 5 nitrogen and oxygen atoms in total. The topological polar surface area (TPSA) is 64.6 Å². The molecule has 1 aromatic rings. The zero-order valence-electron chi connectivity index (χ0n) is 11.0. The summed E-state index contributed by atoms with van der Waals surface area (Å²) in [6.07, 6.45) is 0. The summed E-state index contributed by atoms with van der Waals surface area (Å²) in [7, 11) is -1.87. The molecule has 0 fully saturated rings. The van der Waals surface area contributed by atoms with Gasteiger partial charge in [0, 0.05) is 6.66 Å². The standard InChI is InChI=1S/C12H18NO4P/c1-12(2,11(14)16-3)13-18(4,15)17-10-8-6-5-7-9-10/h5-9H,1-4H3,(H,13,15). The van der Waals surface area contributed by atoms with Gasteiger partial charge < -0.3 is 9.26 Å². The summed E-state index contributed by atoms with van der Waals surface area (Å²) in [5.41, 5.74) is -1.08. The predicted molar refractivity (Wildman–Crippen MR) is 69.8 cm³/mol. The van der Waals surface area contributed by atoms with Crippen LogP contribution in [-0.4, -0.2) is 25.3 Å². The molecule has 0 aromatic heterocycles. The second-order valence-electron chi connectivity index (χ2n) is 4.48. The first-order chi connectivity index (χ1) is 8.27. The Hall–Kier alpha value is -1.32. The van der Waals surface area contributed by atoms with Crippen LogP contribution in [-0.2, 0) is 14.1 Å². The van der Waals surface area contributed by atoms with Gasteiger partial charge in [-0.1, -0.05) is 18.2 Å². The molecule has 0 aliphatic rings. The summed E-state index contributed by atoms with van der Waals surface area (Å²) in [4.78, 5) is 11.5. The molecular weight excluding hydrogens is 253 g/mol. The molecule has 0 radical (unpaired) electrons. The number of hydrogen-bond donors (Lipinski definition) is 1. The maximum Gasteiger partial charge on any atom is 0.325 e. The Labute approximate surface area is 107 Å². The van der Waals surface area contributed by atoms with Crippen LogP contribution in [0.1, 0.15) is 13.8 Å². The molecule has 1 rings (SSSR count). The summed E-state index contributed by atoms with van der Waals surface area (Å²) < 4.78 is 22.3. The summed E-state index contributed by atoms with van der Waals surface area (Å²) in [5.74, 6) is -0.0160. The van der Waals surface area contributed by atoms with Gasteiger partial charge >= 0.3 is 13.5 Å². The number of carbonyl (C=O) groups is 1. The SMILES string of the molecule is COC(=O)C(C)(C)NP(C)(=O)Oc1ccccc1. The fourth-order valence-electron chi connectivity index (χ4n) is 1.51. The molecule has 1 unspecified atom stereocenters. The first kappa shape index (κ1) is 14.7. The third-order valence-electron chi connectivity index (χ3n) is 2.20. The van der Waals surface area contributed by atoms with Crippen molar-refractivity contribution in [2.24, 2.45) is 0 Å². The van der Waals surface area contributed by atoms with Gasteiger partial charge in [0.05, 0.1) is 7.11 Å². The molecule has 0 saturated heterocycles. The maximum absolute atomic E-state index is 12.3. The molecule has 0 amide bonds. The fourth-order valence-corrected chi connectivity index (χ4v) is 3.19. The normalized spacial score (nSPS) is 14.7. The second-order valence-corrected chi connectivity index (χ2v) is 6.58. The van der Waals surface area contributed by atoms with Crippen molar-refractivity contribution in [3.63, 3.8) is 0 Å². The zero-order chi connectivity index (χ0) is 13.8. The second kappa shape index (κ2) is 5.55. The number of esters is 1. The molecule has 100 valence electrons. The van der Waals surface area contributed by atoms with Gasteiger partial charge in [-0.15, -0.1) is 0 Å². The Morgan fingerprint density at radius 1 is 1.28 bits per heavy atom. The van der Waals surface area contributed by atoms with E-state index in [9.17, 15) is 9.36 Å². The monoisotopic (exact) mass is 271 g/mol. The van der Waals surface area contributed by atoms with Gasteiger partial charge in [0.15, 0.2) is 0 Å². The number of hydrogen-bond acceptors (Lipinski definition) is 4. The van der Waals surface area contributed by atoms with Crippen molar-refractivity contribution < 1.29 is 18.6 Å².